The summed E-state index contributed by atoms with van der Waals surface area (Å²) in [6, 6.07) is 8.67. The van der Waals surface area contributed by atoms with Crippen molar-refractivity contribution in [1.29, 1.82) is 0 Å². The summed E-state index contributed by atoms with van der Waals surface area (Å²) in [5.41, 5.74) is 4.80. The van der Waals surface area contributed by atoms with E-state index in [4.69, 9.17) is 16.0 Å². The third kappa shape index (κ3) is 3.09. The Kier molecular flexibility index (Phi) is 4.93. The van der Waals surface area contributed by atoms with Crippen molar-refractivity contribution in [3.63, 3.8) is 0 Å². The van der Waals surface area contributed by atoms with Crippen molar-refractivity contribution in [2.24, 2.45) is 0 Å². The van der Waals surface area contributed by atoms with Crippen molar-refractivity contribution in [3.8, 4) is 0 Å². The topological polar surface area (TPSA) is 13.1 Å². The number of furan rings is 1. The van der Waals surface area contributed by atoms with Gasteiger partial charge in [0.2, 0.25) is 0 Å². The van der Waals surface area contributed by atoms with E-state index in [2.05, 4.69) is 38.1 Å². The van der Waals surface area contributed by atoms with Crippen LogP contribution in [0.2, 0.25) is 0 Å². The second-order valence-corrected chi connectivity index (χ2v) is 5.90. The Labute approximate surface area is 127 Å². The zero-order chi connectivity index (χ0) is 14.7. The predicted octanol–water partition coefficient (Wildman–Crippen LogP) is 5.88. The molecule has 0 aliphatic heterocycles. The van der Waals surface area contributed by atoms with E-state index in [0.29, 0.717) is 0 Å². The van der Waals surface area contributed by atoms with Crippen LogP contribution >= 0.6 is 11.6 Å². The van der Waals surface area contributed by atoms with Crippen LogP contribution in [0.4, 0.5) is 0 Å². The lowest BCUT2D eigenvalue weighted by molar-refractivity contribution is 0.500. The smallest absolute Gasteiger partial charge is 0.106 e. The minimum atomic E-state index is -0.132. The fraction of sp³-hybridized carbons (Fsp3) is 0.444. The lowest BCUT2D eigenvalue weighted by Gasteiger charge is -2.11. The molecule has 0 amide bonds. The molecule has 1 heterocycles. The molecule has 0 bridgehead atoms. The largest absolute Gasteiger partial charge is 0.466 e. The summed E-state index contributed by atoms with van der Waals surface area (Å²) in [6.07, 6.45) is 3.61. The highest BCUT2D eigenvalue weighted by atomic mass is 35.5. The molecule has 2 rings (SSSR count). The van der Waals surface area contributed by atoms with Gasteiger partial charge in [0.1, 0.15) is 11.5 Å². The third-order valence-corrected chi connectivity index (χ3v) is 4.43. The standard InChI is InChI=1S/C18H23ClO/c1-5-6-7-15-8-10-16(11-9-15)18(19)17-12(2)13(3)20-14(17)4/h8-11,18H,5-7H2,1-4H3. The molecule has 0 radical (unpaired) electrons. The summed E-state index contributed by atoms with van der Waals surface area (Å²) in [5.74, 6) is 1.89. The SMILES string of the molecule is CCCCc1ccc(C(Cl)c2c(C)oc(C)c2C)cc1. The molecule has 0 aliphatic rings. The molecule has 1 atom stereocenters. The van der Waals surface area contributed by atoms with E-state index in [-0.39, 0.29) is 5.38 Å². The fourth-order valence-corrected chi connectivity index (χ4v) is 3.05. The molecule has 1 nitrogen and oxygen atoms in total. The van der Waals surface area contributed by atoms with Gasteiger partial charge in [-0.25, -0.2) is 0 Å². The average Bonchev–Trinajstić information content (AvgIpc) is 2.70. The molecule has 0 saturated heterocycles. The first-order valence-corrected chi connectivity index (χ1v) is 7.77. The molecule has 20 heavy (non-hydrogen) atoms. The summed E-state index contributed by atoms with van der Waals surface area (Å²) >= 11 is 6.65. The highest BCUT2D eigenvalue weighted by Crippen LogP contribution is 2.36. The van der Waals surface area contributed by atoms with E-state index in [0.717, 1.165) is 34.6 Å². The van der Waals surface area contributed by atoms with Crippen LogP contribution in [-0.2, 0) is 6.42 Å². The van der Waals surface area contributed by atoms with Gasteiger partial charge in [-0.3, -0.25) is 0 Å². The van der Waals surface area contributed by atoms with Crippen molar-refractivity contribution in [2.45, 2.75) is 52.3 Å². The Morgan fingerprint density at radius 2 is 1.70 bits per heavy atom. The first-order chi connectivity index (χ1) is 9.54. The van der Waals surface area contributed by atoms with Crippen LogP contribution in [0.3, 0.4) is 0 Å². The normalized spacial score (nSPS) is 12.7. The van der Waals surface area contributed by atoms with Gasteiger partial charge >= 0.3 is 0 Å². The quantitative estimate of drug-likeness (QED) is 0.627. The molecule has 0 N–H and O–H groups in total. The summed E-state index contributed by atoms with van der Waals surface area (Å²) in [7, 11) is 0. The Morgan fingerprint density at radius 1 is 1.05 bits per heavy atom. The average molecular weight is 291 g/mol. The minimum Gasteiger partial charge on any atom is -0.466 e. The number of hydrogen-bond donors (Lipinski definition) is 0. The third-order valence-electron chi connectivity index (χ3n) is 3.96. The maximum absolute atomic E-state index is 6.65. The van der Waals surface area contributed by atoms with Gasteiger partial charge in [-0.15, -0.1) is 11.6 Å². The molecule has 1 aromatic carbocycles. The van der Waals surface area contributed by atoms with E-state index >= 15 is 0 Å². The Bertz CT molecular complexity index is 566. The Hall–Kier alpha value is -1.21. The summed E-state index contributed by atoms with van der Waals surface area (Å²) in [5, 5.41) is -0.132. The molecule has 0 aliphatic carbocycles. The lowest BCUT2D eigenvalue weighted by Crippen LogP contribution is -1.97. The van der Waals surface area contributed by atoms with Gasteiger partial charge < -0.3 is 4.42 Å². The maximum atomic E-state index is 6.65. The Balaban J connectivity index is 2.22. The monoisotopic (exact) mass is 290 g/mol. The van der Waals surface area contributed by atoms with Crippen LogP contribution in [0.15, 0.2) is 28.7 Å². The van der Waals surface area contributed by atoms with Crippen LogP contribution in [0.5, 0.6) is 0 Å². The first kappa shape index (κ1) is 15.2. The maximum Gasteiger partial charge on any atom is 0.106 e. The van der Waals surface area contributed by atoms with E-state index in [1.807, 2.05) is 13.8 Å². The summed E-state index contributed by atoms with van der Waals surface area (Å²) in [6.45, 7) is 8.27. The van der Waals surface area contributed by atoms with Crippen molar-refractivity contribution >= 4 is 11.6 Å². The molecule has 0 spiro atoms. The molecule has 1 unspecified atom stereocenters. The zero-order valence-electron chi connectivity index (χ0n) is 12.8. The minimum absolute atomic E-state index is 0.132. The predicted molar refractivity (Wildman–Crippen MR) is 85.7 cm³/mol. The number of unbranched alkanes of at least 4 members (excludes halogenated alkanes) is 1. The summed E-state index contributed by atoms with van der Waals surface area (Å²) in [4.78, 5) is 0. The van der Waals surface area contributed by atoms with Crippen LogP contribution < -0.4 is 0 Å². The van der Waals surface area contributed by atoms with E-state index in [9.17, 15) is 0 Å². The van der Waals surface area contributed by atoms with Gasteiger partial charge in [-0.05, 0) is 50.3 Å². The molecular weight excluding hydrogens is 268 g/mol. The van der Waals surface area contributed by atoms with E-state index in [1.54, 1.807) is 0 Å². The number of halogens is 1. The van der Waals surface area contributed by atoms with Crippen LogP contribution in [0.1, 0.15) is 58.9 Å². The van der Waals surface area contributed by atoms with Gasteiger partial charge in [0.15, 0.2) is 0 Å². The van der Waals surface area contributed by atoms with E-state index < -0.39 is 0 Å². The summed E-state index contributed by atoms with van der Waals surface area (Å²) < 4.78 is 5.68. The van der Waals surface area contributed by atoms with Gasteiger partial charge in [0.05, 0.1) is 5.38 Å². The second kappa shape index (κ2) is 6.49. The van der Waals surface area contributed by atoms with Crippen LogP contribution in [-0.4, -0.2) is 0 Å². The van der Waals surface area contributed by atoms with Crippen molar-refractivity contribution in [1.82, 2.24) is 0 Å². The number of benzene rings is 1. The van der Waals surface area contributed by atoms with Gasteiger partial charge in [-0.1, -0.05) is 37.6 Å². The van der Waals surface area contributed by atoms with Crippen LogP contribution in [0.25, 0.3) is 0 Å². The first-order valence-electron chi connectivity index (χ1n) is 7.34. The Morgan fingerprint density at radius 3 is 2.20 bits per heavy atom. The molecule has 0 fully saturated rings. The highest BCUT2D eigenvalue weighted by molar-refractivity contribution is 6.22. The molecule has 108 valence electrons. The fourth-order valence-electron chi connectivity index (χ4n) is 2.58. The number of hydrogen-bond acceptors (Lipinski definition) is 1. The van der Waals surface area contributed by atoms with Gasteiger partial charge in [0, 0.05) is 5.56 Å². The molecule has 2 aromatic rings. The number of alkyl halides is 1. The number of aryl methyl sites for hydroxylation is 3. The molecule has 1 aromatic heterocycles. The van der Waals surface area contributed by atoms with Crippen molar-refractivity contribution in [3.05, 3.63) is 58.0 Å². The van der Waals surface area contributed by atoms with Crippen molar-refractivity contribution < 1.29 is 4.42 Å². The molecular formula is C18H23ClO. The second-order valence-electron chi connectivity index (χ2n) is 5.46. The van der Waals surface area contributed by atoms with Crippen molar-refractivity contribution in [2.75, 3.05) is 0 Å². The zero-order valence-corrected chi connectivity index (χ0v) is 13.6. The molecule has 0 saturated carbocycles. The van der Waals surface area contributed by atoms with Gasteiger partial charge in [-0.2, -0.15) is 0 Å². The highest BCUT2D eigenvalue weighted by Gasteiger charge is 2.20. The van der Waals surface area contributed by atoms with Crippen LogP contribution in [0, 0.1) is 20.8 Å². The van der Waals surface area contributed by atoms with E-state index in [1.165, 1.54) is 18.4 Å². The molecule has 2 heteroatoms. The lowest BCUT2D eigenvalue weighted by atomic mass is 9.99. The number of rotatable bonds is 5. The van der Waals surface area contributed by atoms with Gasteiger partial charge in [0.25, 0.3) is 0 Å².